The van der Waals surface area contributed by atoms with Gasteiger partial charge in [0.15, 0.2) is 5.13 Å². The van der Waals surface area contributed by atoms with Gasteiger partial charge >= 0.3 is 0 Å². The van der Waals surface area contributed by atoms with Gasteiger partial charge in [-0.15, -0.1) is 11.3 Å². The van der Waals surface area contributed by atoms with Crippen molar-refractivity contribution >= 4 is 43.9 Å². The zero-order valence-electron chi connectivity index (χ0n) is 10.7. The molecule has 3 rings (SSSR count). The molecule has 1 amide bonds. The van der Waals surface area contributed by atoms with Crippen molar-refractivity contribution in [2.24, 2.45) is 0 Å². The number of benzene rings is 1. The number of aryl methyl sites for hydroxylation is 2. The van der Waals surface area contributed by atoms with Crippen LogP contribution in [0.1, 0.15) is 20.4 Å². The van der Waals surface area contributed by atoms with E-state index in [1.807, 2.05) is 6.92 Å². The van der Waals surface area contributed by atoms with Crippen LogP contribution >= 0.6 is 22.7 Å². The van der Waals surface area contributed by atoms with Gasteiger partial charge in [-0.2, -0.15) is 0 Å². The van der Waals surface area contributed by atoms with Gasteiger partial charge in [0.2, 0.25) is 0 Å². The van der Waals surface area contributed by atoms with E-state index in [0.29, 0.717) is 20.4 Å². The summed E-state index contributed by atoms with van der Waals surface area (Å²) >= 11 is 2.58. The van der Waals surface area contributed by atoms with Gasteiger partial charge in [-0.25, -0.2) is 14.4 Å². The van der Waals surface area contributed by atoms with Crippen LogP contribution < -0.4 is 5.32 Å². The molecule has 2 heterocycles. The molecule has 0 unspecified atom stereocenters. The smallest absolute Gasteiger partial charge is 0.269 e. The molecule has 0 atom stereocenters. The van der Waals surface area contributed by atoms with Crippen molar-refractivity contribution in [3.63, 3.8) is 0 Å². The van der Waals surface area contributed by atoms with Gasteiger partial charge in [0.05, 0.1) is 15.4 Å². The second kappa shape index (κ2) is 4.92. The van der Waals surface area contributed by atoms with Crippen molar-refractivity contribution in [1.82, 2.24) is 9.97 Å². The molecule has 0 bridgehead atoms. The number of anilines is 1. The van der Waals surface area contributed by atoms with E-state index in [2.05, 4.69) is 15.3 Å². The predicted molar refractivity (Wildman–Crippen MR) is 79.1 cm³/mol. The third kappa shape index (κ3) is 2.30. The first kappa shape index (κ1) is 13.1. The lowest BCUT2D eigenvalue weighted by molar-refractivity contribution is 0.103. The summed E-state index contributed by atoms with van der Waals surface area (Å²) in [5, 5.41) is 3.93. The first-order chi connectivity index (χ1) is 9.54. The lowest BCUT2D eigenvalue weighted by atomic mass is 10.3. The zero-order chi connectivity index (χ0) is 14.3. The monoisotopic (exact) mass is 307 g/mol. The largest absolute Gasteiger partial charge is 0.297 e. The van der Waals surface area contributed by atoms with Crippen LogP contribution in [-0.4, -0.2) is 15.9 Å². The van der Waals surface area contributed by atoms with Crippen molar-refractivity contribution in [2.45, 2.75) is 13.8 Å². The Morgan fingerprint density at radius 1 is 1.25 bits per heavy atom. The van der Waals surface area contributed by atoms with Crippen molar-refractivity contribution in [1.29, 1.82) is 0 Å². The first-order valence-corrected chi connectivity index (χ1v) is 7.48. The van der Waals surface area contributed by atoms with Gasteiger partial charge in [-0.05, 0) is 26.0 Å². The normalized spacial score (nSPS) is 10.9. The number of halogens is 1. The molecule has 1 aromatic carbocycles. The highest BCUT2D eigenvalue weighted by molar-refractivity contribution is 7.22. The van der Waals surface area contributed by atoms with E-state index in [-0.39, 0.29) is 17.2 Å². The molecule has 4 nitrogen and oxygen atoms in total. The van der Waals surface area contributed by atoms with Crippen molar-refractivity contribution in [3.05, 3.63) is 39.6 Å². The first-order valence-electron chi connectivity index (χ1n) is 5.85. The standard InChI is InChI=1S/C13H10FN3OS2/c1-6-11(19-7(2)15-6)12(18)17-13-16-10-8(14)4-3-5-9(10)20-13/h3-5H,1-2H3,(H,16,17,18). The number of carbonyl (C=O) groups is 1. The second-order valence-corrected chi connectivity index (χ2v) is 6.44. The van der Waals surface area contributed by atoms with Crippen LogP contribution in [0.15, 0.2) is 18.2 Å². The van der Waals surface area contributed by atoms with Crippen LogP contribution in [0.2, 0.25) is 0 Å². The van der Waals surface area contributed by atoms with E-state index < -0.39 is 0 Å². The van der Waals surface area contributed by atoms with E-state index in [1.54, 1.807) is 19.1 Å². The zero-order valence-corrected chi connectivity index (χ0v) is 12.4. The number of fused-ring (bicyclic) bond motifs is 1. The average Bonchev–Trinajstić information content (AvgIpc) is 2.93. The quantitative estimate of drug-likeness (QED) is 0.784. The molecule has 0 aliphatic heterocycles. The van der Waals surface area contributed by atoms with E-state index in [9.17, 15) is 9.18 Å². The van der Waals surface area contributed by atoms with Gasteiger partial charge in [-0.3, -0.25) is 10.1 Å². The number of amides is 1. The van der Waals surface area contributed by atoms with Crippen molar-refractivity contribution < 1.29 is 9.18 Å². The predicted octanol–water partition coefficient (Wildman–Crippen LogP) is 3.76. The molecule has 0 radical (unpaired) electrons. The lowest BCUT2D eigenvalue weighted by Gasteiger charge is -1.98. The Morgan fingerprint density at radius 2 is 2.05 bits per heavy atom. The maximum absolute atomic E-state index is 13.6. The van der Waals surface area contributed by atoms with Crippen LogP contribution in [0.3, 0.4) is 0 Å². The molecular weight excluding hydrogens is 297 g/mol. The minimum Gasteiger partial charge on any atom is -0.297 e. The molecule has 3 aromatic rings. The fraction of sp³-hybridized carbons (Fsp3) is 0.154. The maximum atomic E-state index is 13.6. The molecule has 0 fully saturated rings. The Kier molecular flexibility index (Phi) is 3.23. The number of para-hydroxylation sites is 1. The van der Waals surface area contributed by atoms with Gasteiger partial charge in [0, 0.05) is 0 Å². The summed E-state index contributed by atoms with van der Waals surface area (Å²) < 4.78 is 14.3. The van der Waals surface area contributed by atoms with E-state index in [4.69, 9.17) is 0 Å². The van der Waals surface area contributed by atoms with Gasteiger partial charge in [0.25, 0.3) is 5.91 Å². The van der Waals surface area contributed by atoms with Crippen molar-refractivity contribution in [3.8, 4) is 0 Å². The third-order valence-corrected chi connectivity index (χ3v) is 4.71. The van der Waals surface area contributed by atoms with Crippen LogP contribution in [0.25, 0.3) is 10.2 Å². The summed E-state index contributed by atoms with van der Waals surface area (Å²) in [6.45, 7) is 3.64. The van der Waals surface area contributed by atoms with Crippen LogP contribution in [0.5, 0.6) is 0 Å². The molecule has 0 aliphatic carbocycles. The van der Waals surface area contributed by atoms with Gasteiger partial charge < -0.3 is 0 Å². The summed E-state index contributed by atoms with van der Waals surface area (Å²) in [5.41, 5.74) is 0.974. The van der Waals surface area contributed by atoms with E-state index in [0.717, 1.165) is 5.01 Å². The SMILES string of the molecule is Cc1nc(C)c(C(=O)Nc2nc3c(F)cccc3s2)s1. The number of hydrogen-bond donors (Lipinski definition) is 1. The van der Waals surface area contributed by atoms with Crippen molar-refractivity contribution in [2.75, 3.05) is 5.32 Å². The molecule has 102 valence electrons. The third-order valence-electron chi connectivity index (χ3n) is 2.70. The van der Waals surface area contributed by atoms with Gasteiger partial charge in [-0.1, -0.05) is 17.4 Å². The summed E-state index contributed by atoms with van der Waals surface area (Å²) in [5.74, 6) is -0.642. The molecule has 0 saturated carbocycles. The minimum absolute atomic E-state index is 0.257. The van der Waals surface area contributed by atoms with Crippen LogP contribution in [0.4, 0.5) is 9.52 Å². The Bertz CT molecular complexity index is 809. The lowest BCUT2D eigenvalue weighted by Crippen LogP contribution is -2.11. The molecule has 1 N–H and O–H groups in total. The fourth-order valence-corrected chi connectivity index (χ4v) is 3.55. The number of rotatable bonds is 2. The minimum atomic E-state index is -0.385. The Morgan fingerprint density at radius 3 is 2.70 bits per heavy atom. The molecule has 20 heavy (non-hydrogen) atoms. The highest BCUT2D eigenvalue weighted by Crippen LogP contribution is 2.28. The fourth-order valence-electron chi connectivity index (χ4n) is 1.86. The van der Waals surface area contributed by atoms with Gasteiger partial charge in [0.1, 0.15) is 16.2 Å². The summed E-state index contributed by atoms with van der Waals surface area (Å²) in [7, 11) is 0. The van der Waals surface area contributed by atoms with E-state index >= 15 is 0 Å². The molecule has 0 spiro atoms. The number of thiazole rings is 2. The molecule has 2 aromatic heterocycles. The number of nitrogens with zero attached hydrogens (tertiary/aromatic N) is 2. The number of hydrogen-bond acceptors (Lipinski definition) is 5. The molecule has 7 heteroatoms. The van der Waals surface area contributed by atoms with Crippen LogP contribution in [-0.2, 0) is 0 Å². The second-order valence-electron chi connectivity index (χ2n) is 4.21. The Labute approximate surface area is 122 Å². The molecular formula is C13H10FN3OS2. The Balaban J connectivity index is 1.91. The van der Waals surface area contributed by atoms with Crippen LogP contribution in [0, 0.1) is 19.7 Å². The molecule has 0 aliphatic rings. The number of nitrogens with one attached hydrogen (secondary N) is 1. The average molecular weight is 307 g/mol. The number of aromatic nitrogens is 2. The summed E-state index contributed by atoms with van der Waals surface area (Å²) in [6.07, 6.45) is 0. The number of carbonyl (C=O) groups excluding carboxylic acids is 1. The maximum Gasteiger partial charge on any atom is 0.269 e. The topological polar surface area (TPSA) is 54.9 Å². The summed E-state index contributed by atoms with van der Waals surface area (Å²) in [4.78, 5) is 21.0. The molecule has 0 saturated heterocycles. The summed E-state index contributed by atoms with van der Waals surface area (Å²) in [6, 6.07) is 4.75. The highest BCUT2D eigenvalue weighted by atomic mass is 32.1. The van der Waals surface area contributed by atoms with E-state index in [1.165, 1.54) is 28.7 Å². The Hall–Kier alpha value is -1.86. The highest BCUT2D eigenvalue weighted by Gasteiger charge is 2.16.